The Balaban J connectivity index is 1.70. The highest BCUT2D eigenvalue weighted by atomic mass is 19.4. The number of alkyl halides is 3. The molecule has 0 amide bonds. The second kappa shape index (κ2) is 7.53. The number of hydrogen-bond donors (Lipinski definition) is 0. The molecule has 0 radical (unpaired) electrons. The van der Waals surface area contributed by atoms with Gasteiger partial charge in [-0.3, -0.25) is 0 Å². The highest BCUT2D eigenvalue weighted by Gasteiger charge is 2.31. The lowest BCUT2D eigenvalue weighted by atomic mass is 10.1. The topological polar surface area (TPSA) is 95.8 Å². The molecule has 29 heavy (non-hydrogen) atoms. The lowest BCUT2D eigenvalue weighted by Crippen LogP contribution is -2.20. The van der Waals surface area contributed by atoms with E-state index in [0.717, 1.165) is 25.2 Å². The van der Waals surface area contributed by atoms with Crippen molar-refractivity contribution in [1.29, 1.82) is 0 Å². The summed E-state index contributed by atoms with van der Waals surface area (Å²) in [6.07, 6.45) is -0.524. The lowest BCUT2D eigenvalue weighted by Gasteiger charge is -2.14. The predicted molar refractivity (Wildman–Crippen MR) is 88.6 cm³/mol. The van der Waals surface area contributed by atoms with Crippen LogP contribution < -0.4 is 9.47 Å². The minimum atomic E-state index is -4.58. The molecule has 8 nitrogen and oxygen atoms in total. The summed E-state index contributed by atoms with van der Waals surface area (Å²) in [5.74, 6) is -1.23. The third-order valence-electron chi connectivity index (χ3n) is 3.95. The molecule has 0 spiro atoms. The number of hydrogen-bond acceptors (Lipinski definition) is 8. The molecule has 2 aromatic heterocycles. The number of ether oxygens (including phenoxy) is 2. The van der Waals surface area contributed by atoms with Crippen LogP contribution in [0.3, 0.4) is 0 Å². The summed E-state index contributed by atoms with van der Waals surface area (Å²) >= 11 is 0. The standard InChI is InChI=1S/C17H12F4N6O2/c18-10-3-4-12(11(5-10)14-13(9-1-2-9)22-7-24-26-14)29-16-15(23-8-25-27-16)28-6-17(19,20)21/h3-5,7-9H,1-2,6H2. The van der Waals surface area contributed by atoms with E-state index < -0.39 is 30.4 Å². The van der Waals surface area contributed by atoms with E-state index >= 15 is 0 Å². The van der Waals surface area contributed by atoms with Gasteiger partial charge in [0, 0.05) is 11.5 Å². The zero-order chi connectivity index (χ0) is 20.4. The van der Waals surface area contributed by atoms with Crippen LogP contribution in [0.4, 0.5) is 17.6 Å². The molecule has 1 aliphatic rings. The molecule has 0 N–H and O–H groups in total. The molecule has 4 rings (SSSR count). The molecular formula is C17H12F4N6O2. The zero-order valence-corrected chi connectivity index (χ0v) is 14.6. The van der Waals surface area contributed by atoms with Gasteiger partial charge in [0.05, 0.1) is 5.69 Å². The van der Waals surface area contributed by atoms with E-state index in [4.69, 9.17) is 4.74 Å². The Hall–Kier alpha value is -3.44. The molecule has 3 aromatic rings. The van der Waals surface area contributed by atoms with Gasteiger partial charge in [0.1, 0.15) is 29.9 Å². The Morgan fingerprint density at radius 1 is 1.00 bits per heavy atom. The van der Waals surface area contributed by atoms with Crippen molar-refractivity contribution in [3.8, 4) is 28.8 Å². The highest BCUT2D eigenvalue weighted by Crippen LogP contribution is 2.44. The summed E-state index contributed by atoms with van der Waals surface area (Å²) in [5, 5.41) is 14.9. The quantitative estimate of drug-likeness (QED) is 0.572. The van der Waals surface area contributed by atoms with Gasteiger partial charge in [0.2, 0.25) is 0 Å². The fraction of sp³-hybridized carbons (Fsp3) is 0.294. The number of aromatic nitrogens is 6. The molecule has 1 saturated carbocycles. The van der Waals surface area contributed by atoms with E-state index in [0.29, 0.717) is 11.4 Å². The van der Waals surface area contributed by atoms with Crippen LogP contribution in [0.15, 0.2) is 30.9 Å². The summed E-state index contributed by atoms with van der Waals surface area (Å²) < 4.78 is 61.5. The van der Waals surface area contributed by atoms with E-state index in [2.05, 4.69) is 35.1 Å². The molecule has 1 aliphatic carbocycles. The van der Waals surface area contributed by atoms with Crippen molar-refractivity contribution in [2.24, 2.45) is 0 Å². The van der Waals surface area contributed by atoms with Gasteiger partial charge in [-0.25, -0.2) is 9.37 Å². The molecule has 12 heteroatoms. The Morgan fingerprint density at radius 3 is 2.52 bits per heavy atom. The number of rotatable bonds is 6. The molecule has 2 heterocycles. The van der Waals surface area contributed by atoms with Crippen molar-refractivity contribution in [1.82, 2.24) is 30.4 Å². The van der Waals surface area contributed by atoms with Crippen LogP contribution in [0.1, 0.15) is 24.5 Å². The Labute approximate surface area is 161 Å². The van der Waals surface area contributed by atoms with Gasteiger partial charge in [-0.05, 0) is 31.0 Å². The van der Waals surface area contributed by atoms with Gasteiger partial charge < -0.3 is 9.47 Å². The molecule has 0 unspecified atom stereocenters. The minimum Gasteiger partial charge on any atom is -0.464 e. The third kappa shape index (κ3) is 4.52. The number of halogens is 4. The maximum atomic E-state index is 13.9. The smallest absolute Gasteiger partial charge is 0.422 e. The van der Waals surface area contributed by atoms with Crippen LogP contribution in [-0.4, -0.2) is 43.1 Å². The zero-order valence-electron chi connectivity index (χ0n) is 14.6. The van der Waals surface area contributed by atoms with E-state index in [1.165, 1.54) is 18.5 Å². The van der Waals surface area contributed by atoms with Crippen LogP contribution in [0, 0.1) is 5.82 Å². The molecule has 0 atom stereocenters. The molecule has 1 aromatic carbocycles. The van der Waals surface area contributed by atoms with Crippen molar-refractivity contribution >= 4 is 0 Å². The molecule has 150 valence electrons. The number of nitrogens with zero attached hydrogens (tertiary/aromatic N) is 6. The lowest BCUT2D eigenvalue weighted by molar-refractivity contribution is -0.154. The highest BCUT2D eigenvalue weighted by molar-refractivity contribution is 5.70. The second-order valence-electron chi connectivity index (χ2n) is 6.18. The molecule has 1 fully saturated rings. The number of benzene rings is 1. The van der Waals surface area contributed by atoms with Gasteiger partial charge >= 0.3 is 12.1 Å². The summed E-state index contributed by atoms with van der Waals surface area (Å²) in [4.78, 5) is 7.85. The molecule has 0 aliphatic heterocycles. The maximum Gasteiger partial charge on any atom is 0.422 e. The van der Waals surface area contributed by atoms with Gasteiger partial charge in [-0.15, -0.1) is 20.4 Å². The summed E-state index contributed by atoms with van der Waals surface area (Å²) in [5.41, 5.74) is 1.18. The first kappa shape index (κ1) is 18.9. The van der Waals surface area contributed by atoms with Crippen molar-refractivity contribution in [2.75, 3.05) is 6.61 Å². The van der Waals surface area contributed by atoms with Gasteiger partial charge in [0.15, 0.2) is 6.61 Å². The third-order valence-corrected chi connectivity index (χ3v) is 3.95. The first-order chi connectivity index (χ1) is 13.9. The SMILES string of the molecule is Fc1ccc(Oc2nncnc2OCC(F)(F)F)c(-c2nncnc2C2CC2)c1. The van der Waals surface area contributed by atoms with Gasteiger partial charge in [-0.1, -0.05) is 0 Å². The minimum absolute atomic E-state index is 0.0646. The summed E-state index contributed by atoms with van der Waals surface area (Å²) in [6, 6.07) is 3.59. The van der Waals surface area contributed by atoms with Crippen molar-refractivity contribution in [2.45, 2.75) is 24.9 Å². The second-order valence-corrected chi connectivity index (χ2v) is 6.18. The predicted octanol–water partition coefficient (Wildman–Crippen LogP) is 3.47. The summed E-state index contributed by atoms with van der Waals surface area (Å²) in [6.45, 7) is -1.59. The van der Waals surface area contributed by atoms with Crippen molar-refractivity contribution in [3.63, 3.8) is 0 Å². The Bertz CT molecular complexity index is 1030. The molecule has 0 bridgehead atoms. The van der Waals surface area contributed by atoms with Crippen LogP contribution >= 0.6 is 0 Å². The van der Waals surface area contributed by atoms with Crippen molar-refractivity contribution < 1.29 is 27.0 Å². The van der Waals surface area contributed by atoms with Gasteiger partial charge in [0.25, 0.3) is 5.88 Å². The van der Waals surface area contributed by atoms with E-state index in [9.17, 15) is 17.6 Å². The van der Waals surface area contributed by atoms with Gasteiger partial charge in [-0.2, -0.15) is 18.2 Å². The molecule has 0 saturated heterocycles. The van der Waals surface area contributed by atoms with E-state index in [-0.39, 0.29) is 17.2 Å². The monoisotopic (exact) mass is 408 g/mol. The first-order valence-corrected chi connectivity index (χ1v) is 8.43. The van der Waals surface area contributed by atoms with E-state index in [1.807, 2.05) is 0 Å². The molecular weight excluding hydrogens is 396 g/mol. The Kier molecular flexibility index (Phi) is 4.91. The largest absolute Gasteiger partial charge is 0.464 e. The Morgan fingerprint density at radius 2 is 1.76 bits per heavy atom. The van der Waals surface area contributed by atoms with Crippen molar-refractivity contribution in [3.05, 3.63) is 42.4 Å². The van der Waals surface area contributed by atoms with Crippen LogP contribution in [0.2, 0.25) is 0 Å². The fourth-order valence-electron chi connectivity index (χ4n) is 2.58. The van der Waals surface area contributed by atoms with Crippen LogP contribution in [-0.2, 0) is 0 Å². The fourth-order valence-corrected chi connectivity index (χ4v) is 2.58. The first-order valence-electron chi connectivity index (χ1n) is 8.43. The van der Waals surface area contributed by atoms with Crippen LogP contribution in [0.25, 0.3) is 11.3 Å². The summed E-state index contributed by atoms with van der Waals surface area (Å²) in [7, 11) is 0. The average Bonchev–Trinajstić information content (AvgIpc) is 3.53. The normalized spacial score (nSPS) is 13.9. The maximum absolute atomic E-state index is 13.9. The van der Waals surface area contributed by atoms with E-state index in [1.54, 1.807) is 0 Å². The average molecular weight is 408 g/mol. The van der Waals surface area contributed by atoms with Crippen LogP contribution in [0.5, 0.6) is 17.5 Å².